The smallest absolute Gasteiger partial charge is 0.339 e. The quantitative estimate of drug-likeness (QED) is 0.741. The van der Waals surface area contributed by atoms with Crippen LogP contribution < -0.4 is 14.2 Å². The van der Waals surface area contributed by atoms with Crippen molar-refractivity contribution < 1.29 is 33.8 Å². The summed E-state index contributed by atoms with van der Waals surface area (Å²) in [6.45, 7) is 0.794. The molecule has 0 saturated carbocycles. The summed E-state index contributed by atoms with van der Waals surface area (Å²) in [7, 11) is 6.54. The van der Waals surface area contributed by atoms with Gasteiger partial charge in [-0.3, -0.25) is 0 Å². The highest BCUT2D eigenvalue weighted by Gasteiger charge is 2.29. The summed E-state index contributed by atoms with van der Waals surface area (Å²) < 4.78 is 18.0. The average molecular weight is 386 g/mol. The molecule has 0 bridgehead atoms. The molecule has 1 heterocycles. The van der Waals surface area contributed by atoms with E-state index in [9.17, 15) is 15.0 Å². The Bertz CT molecular complexity index is 964. The minimum Gasteiger partial charge on any atom is -0.504 e. The number of fused-ring (bicyclic) bond motifs is 1. The number of methoxy groups -OCH3 is 3. The van der Waals surface area contributed by atoms with Crippen molar-refractivity contribution in [1.29, 1.82) is 0 Å². The first-order valence-corrected chi connectivity index (χ1v) is 8.85. The molecule has 2 aromatic carbocycles. The molecular weight excluding hydrogens is 362 g/mol. The SMILES string of the molecule is COc1cc2c(cc1OC)C(Cc1ccc(OC)c(O)c1C(=O)O)=[N+](C)CC2. The van der Waals surface area contributed by atoms with Gasteiger partial charge in [0.1, 0.15) is 19.2 Å². The van der Waals surface area contributed by atoms with Crippen LogP contribution in [0.2, 0.25) is 0 Å². The Kier molecular flexibility index (Phi) is 5.44. The van der Waals surface area contributed by atoms with Gasteiger partial charge in [0.2, 0.25) is 0 Å². The van der Waals surface area contributed by atoms with Crippen molar-refractivity contribution in [2.24, 2.45) is 0 Å². The third-order valence-corrected chi connectivity index (χ3v) is 5.12. The van der Waals surface area contributed by atoms with Crippen LogP contribution in [-0.2, 0) is 12.8 Å². The number of aromatic carboxylic acids is 1. The lowest BCUT2D eigenvalue weighted by atomic mass is 9.90. The molecule has 3 rings (SSSR count). The van der Waals surface area contributed by atoms with Crippen molar-refractivity contribution in [3.63, 3.8) is 0 Å². The first-order valence-electron chi connectivity index (χ1n) is 8.85. The maximum absolute atomic E-state index is 11.8. The van der Waals surface area contributed by atoms with Crippen LogP contribution in [0.5, 0.6) is 23.0 Å². The Labute approximate surface area is 163 Å². The number of carbonyl (C=O) groups is 1. The summed E-state index contributed by atoms with van der Waals surface area (Å²) in [5, 5.41) is 19.9. The number of phenols is 1. The third kappa shape index (κ3) is 3.35. The van der Waals surface area contributed by atoms with Crippen LogP contribution in [0, 0.1) is 0 Å². The summed E-state index contributed by atoms with van der Waals surface area (Å²) in [5.41, 5.74) is 3.41. The molecule has 2 aromatic rings. The van der Waals surface area contributed by atoms with E-state index in [0.717, 1.165) is 29.8 Å². The largest absolute Gasteiger partial charge is 0.504 e. The second-order valence-electron chi connectivity index (χ2n) is 6.62. The van der Waals surface area contributed by atoms with E-state index >= 15 is 0 Å². The van der Waals surface area contributed by atoms with Crippen molar-refractivity contribution in [1.82, 2.24) is 0 Å². The van der Waals surface area contributed by atoms with Gasteiger partial charge in [-0.15, -0.1) is 0 Å². The molecule has 0 aliphatic carbocycles. The van der Waals surface area contributed by atoms with E-state index < -0.39 is 5.97 Å². The summed E-state index contributed by atoms with van der Waals surface area (Å²) in [5.74, 6) is -0.143. The Hall–Kier alpha value is -3.22. The van der Waals surface area contributed by atoms with Crippen molar-refractivity contribution in [3.8, 4) is 23.0 Å². The number of carboxylic acid groups (broad SMARTS) is 1. The Morgan fingerprint density at radius 3 is 2.32 bits per heavy atom. The van der Waals surface area contributed by atoms with Gasteiger partial charge in [0.15, 0.2) is 28.7 Å². The van der Waals surface area contributed by atoms with E-state index in [1.165, 1.54) is 7.11 Å². The molecule has 2 N–H and O–H groups in total. The molecule has 1 aliphatic heterocycles. The number of ether oxygens (including phenoxy) is 3. The minimum atomic E-state index is -1.20. The zero-order chi connectivity index (χ0) is 20.4. The summed E-state index contributed by atoms with van der Waals surface area (Å²) >= 11 is 0. The lowest BCUT2D eigenvalue weighted by Gasteiger charge is -2.20. The highest BCUT2D eigenvalue weighted by Crippen LogP contribution is 2.35. The van der Waals surface area contributed by atoms with Gasteiger partial charge in [-0.1, -0.05) is 6.07 Å². The Morgan fingerprint density at radius 2 is 1.71 bits per heavy atom. The minimum absolute atomic E-state index is 0.134. The highest BCUT2D eigenvalue weighted by molar-refractivity contribution is 6.03. The summed E-state index contributed by atoms with van der Waals surface area (Å²) in [6, 6.07) is 7.14. The van der Waals surface area contributed by atoms with E-state index in [1.807, 2.05) is 19.2 Å². The van der Waals surface area contributed by atoms with Crippen LogP contribution in [0.15, 0.2) is 24.3 Å². The molecule has 28 heavy (non-hydrogen) atoms. The number of hydrogen-bond acceptors (Lipinski definition) is 5. The number of likely N-dealkylation sites (N-methyl/N-ethyl adjacent to an activating group) is 1. The second-order valence-corrected chi connectivity index (χ2v) is 6.62. The molecule has 7 heteroatoms. The molecule has 0 fully saturated rings. The molecule has 1 aliphatic rings. The predicted octanol–water partition coefficient (Wildman–Crippen LogP) is 2.35. The zero-order valence-electron chi connectivity index (χ0n) is 16.4. The highest BCUT2D eigenvalue weighted by atomic mass is 16.5. The number of carboxylic acids is 1. The molecule has 0 aromatic heterocycles. The van der Waals surface area contributed by atoms with Crippen molar-refractivity contribution >= 4 is 11.7 Å². The van der Waals surface area contributed by atoms with Crippen LogP contribution >= 0.6 is 0 Å². The van der Waals surface area contributed by atoms with Gasteiger partial charge < -0.3 is 24.4 Å². The van der Waals surface area contributed by atoms with Crippen molar-refractivity contribution in [2.45, 2.75) is 12.8 Å². The number of nitrogens with zero attached hydrogens (tertiary/aromatic N) is 1. The maximum atomic E-state index is 11.8. The number of aromatic hydroxyl groups is 1. The van der Waals surface area contributed by atoms with Gasteiger partial charge in [-0.25, -0.2) is 9.37 Å². The van der Waals surface area contributed by atoms with E-state index in [1.54, 1.807) is 26.4 Å². The van der Waals surface area contributed by atoms with Gasteiger partial charge >= 0.3 is 5.97 Å². The van der Waals surface area contributed by atoms with E-state index in [-0.39, 0.29) is 17.1 Å². The Balaban J connectivity index is 2.11. The van der Waals surface area contributed by atoms with Gasteiger partial charge in [0.05, 0.1) is 27.8 Å². The fraction of sp³-hybridized carbons (Fsp3) is 0.333. The monoisotopic (exact) mass is 386 g/mol. The van der Waals surface area contributed by atoms with E-state index in [0.29, 0.717) is 23.5 Å². The molecule has 148 valence electrons. The van der Waals surface area contributed by atoms with Gasteiger partial charge in [-0.05, 0) is 29.3 Å². The van der Waals surface area contributed by atoms with Crippen LogP contribution in [-0.4, -0.2) is 61.4 Å². The van der Waals surface area contributed by atoms with Crippen molar-refractivity contribution in [2.75, 3.05) is 34.9 Å². The van der Waals surface area contributed by atoms with Crippen LogP contribution in [0.1, 0.15) is 27.0 Å². The molecule has 0 amide bonds. The number of benzene rings is 2. The molecular formula is C21H24NO6+. The molecule has 7 nitrogen and oxygen atoms in total. The first-order chi connectivity index (χ1) is 13.4. The standard InChI is InChI=1S/C21H23NO6/c1-22-8-7-12-10-17(27-3)18(28-4)11-14(12)15(22)9-13-5-6-16(26-2)20(23)19(13)21(24)25/h5-6,10-11H,7-9H2,1-4H3,(H-,23,24,25)/p+1. The predicted molar refractivity (Wildman–Crippen MR) is 104 cm³/mol. The maximum Gasteiger partial charge on any atom is 0.339 e. The third-order valence-electron chi connectivity index (χ3n) is 5.12. The van der Waals surface area contributed by atoms with Crippen LogP contribution in [0.3, 0.4) is 0 Å². The lowest BCUT2D eigenvalue weighted by Crippen LogP contribution is -2.29. The fourth-order valence-corrected chi connectivity index (χ4v) is 3.60. The van der Waals surface area contributed by atoms with E-state index in [4.69, 9.17) is 14.2 Å². The molecule has 0 atom stereocenters. The summed E-state index contributed by atoms with van der Waals surface area (Å²) in [6.07, 6.45) is 1.19. The Morgan fingerprint density at radius 1 is 1.07 bits per heavy atom. The van der Waals surface area contributed by atoms with Crippen molar-refractivity contribution in [3.05, 3.63) is 46.5 Å². The average Bonchev–Trinajstić information content (AvgIpc) is 2.68. The first kappa shape index (κ1) is 19.5. The van der Waals surface area contributed by atoms with E-state index in [2.05, 4.69) is 4.58 Å². The lowest BCUT2D eigenvalue weighted by molar-refractivity contribution is -0.498. The number of rotatable bonds is 6. The topological polar surface area (TPSA) is 88.2 Å². The molecule has 0 radical (unpaired) electrons. The zero-order valence-corrected chi connectivity index (χ0v) is 16.4. The van der Waals surface area contributed by atoms with Gasteiger partial charge in [0.25, 0.3) is 0 Å². The van der Waals surface area contributed by atoms with Crippen LogP contribution in [0.25, 0.3) is 0 Å². The number of hydrogen-bond donors (Lipinski definition) is 2. The van der Waals surface area contributed by atoms with Crippen LogP contribution in [0.4, 0.5) is 0 Å². The van der Waals surface area contributed by atoms with Gasteiger partial charge in [-0.2, -0.15) is 0 Å². The molecule has 0 spiro atoms. The summed E-state index contributed by atoms with van der Waals surface area (Å²) in [4.78, 5) is 11.8. The fourth-order valence-electron chi connectivity index (χ4n) is 3.60. The molecule has 0 unspecified atom stereocenters. The molecule has 0 saturated heterocycles. The second kappa shape index (κ2) is 7.80. The normalized spacial score (nSPS) is 13.1. The van der Waals surface area contributed by atoms with Gasteiger partial charge in [0, 0.05) is 12.0 Å².